The summed E-state index contributed by atoms with van der Waals surface area (Å²) >= 11 is 5.11. The summed E-state index contributed by atoms with van der Waals surface area (Å²) in [5.74, 6) is -0.00380. The van der Waals surface area contributed by atoms with Crippen LogP contribution >= 0.6 is 11.6 Å². The highest BCUT2D eigenvalue weighted by Gasteiger charge is 2.21. The van der Waals surface area contributed by atoms with Crippen LogP contribution in [0.4, 0.5) is 14.6 Å². The maximum Gasteiger partial charge on any atom is 0.271 e. The van der Waals surface area contributed by atoms with Gasteiger partial charge in [-0.1, -0.05) is 0 Å². The summed E-state index contributed by atoms with van der Waals surface area (Å²) < 4.78 is 25.0. The molecule has 76 valence electrons. The van der Waals surface area contributed by atoms with Gasteiger partial charge in [-0.25, -0.2) is 13.8 Å². The lowest BCUT2D eigenvalue weighted by Crippen LogP contribution is -2.07. The molecule has 0 bridgehead atoms. The topological polar surface area (TPSA) is 56.0 Å². The van der Waals surface area contributed by atoms with E-state index in [1.807, 2.05) is 0 Å². The smallest absolute Gasteiger partial charge is 0.271 e. The second-order valence-corrected chi connectivity index (χ2v) is 3.04. The minimum absolute atomic E-state index is 0.00380. The molecule has 14 heavy (non-hydrogen) atoms. The molecule has 1 aromatic rings. The number of nitrogens with two attached hydrogens (primary N) is 1. The molecule has 1 rings (SSSR count). The molecule has 0 atom stereocenters. The van der Waals surface area contributed by atoms with Gasteiger partial charge in [-0.05, 0) is 30.2 Å². The first kappa shape index (κ1) is 10.8. The van der Waals surface area contributed by atoms with E-state index in [0.717, 1.165) is 0 Å². The summed E-state index contributed by atoms with van der Waals surface area (Å²) in [6.45, 7) is 1.42. The average Bonchev–Trinajstić information content (AvgIpc) is 2.01. The molecule has 0 fully saturated rings. The molecule has 0 unspecified atom stereocenters. The molecule has 0 aliphatic rings. The Labute approximate surface area is 83.9 Å². The monoisotopic (exact) mass is 220 g/mol. The molecule has 0 saturated carbocycles. The number of halogens is 3. The lowest BCUT2D eigenvalue weighted by molar-refractivity contribution is 0.106. The van der Waals surface area contributed by atoms with E-state index in [-0.39, 0.29) is 11.4 Å². The van der Waals surface area contributed by atoms with Crippen LogP contribution in [-0.4, -0.2) is 10.2 Å². The Balaban J connectivity index is 3.44. The Kier molecular flexibility index (Phi) is 3.00. The van der Waals surface area contributed by atoms with Crippen molar-refractivity contribution in [2.45, 2.75) is 13.3 Å². The van der Waals surface area contributed by atoms with Crippen LogP contribution in [0.25, 0.3) is 0 Å². The van der Waals surface area contributed by atoms with E-state index < -0.39 is 22.9 Å². The Hall–Kier alpha value is -1.23. The molecule has 0 aromatic carbocycles. The fraction of sp³-hybridized carbons (Fsp3) is 0.250. The molecule has 0 saturated heterocycles. The van der Waals surface area contributed by atoms with Crippen LogP contribution < -0.4 is 5.73 Å². The molecule has 0 aliphatic heterocycles. The number of carbonyl (C=O) groups is 1. The summed E-state index contributed by atoms with van der Waals surface area (Å²) in [5, 5.41) is -1.03. The van der Waals surface area contributed by atoms with E-state index >= 15 is 0 Å². The largest absolute Gasteiger partial charge is 0.384 e. The van der Waals surface area contributed by atoms with Crippen molar-refractivity contribution >= 4 is 22.7 Å². The first-order chi connectivity index (χ1) is 6.43. The zero-order valence-corrected chi connectivity index (χ0v) is 7.98. The third kappa shape index (κ3) is 1.98. The summed E-state index contributed by atoms with van der Waals surface area (Å²) in [6.07, 6.45) is -2.79. The predicted octanol–water partition coefficient (Wildman–Crippen LogP) is 2.29. The fourth-order valence-corrected chi connectivity index (χ4v) is 1.28. The van der Waals surface area contributed by atoms with Crippen molar-refractivity contribution < 1.29 is 13.6 Å². The Bertz CT molecular complexity index is 382. The van der Waals surface area contributed by atoms with Gasteiger partial charge in [-0.15, -0.1) is 0 Å². The fourth-order valence-electron chi connectivity index (χ4n) is 1.13. The van der Waals surface area contributed by atoms with Gasteiger partial charge in [0.1, 0.15) is 11.5 Å². The normalized spacial score (nSPS) is 10.6. The lowest BCUT2D eigenvalue weighted by Gasteiger charge is -2.08. The molecule has 0 radical (unpaired) electrons. The Morgan fingerprint density at radius 3 is 2.64 bits per heavy atom. The van der Waals surface area contributed by atoms with Gasteiger partial charge >= 0.3 is 0 Å². The first-order valence-electron chi connectivity index (χ1n) is 3.68. The molecule has 2 N–H and O–H groups in total. The number of hydrogen-bond donors (Lipinski definition) is 1. The van der Waals surface area contributed by atoms with Crippen LogP contribution in [0.5, 0.6) is 0 Å². The van der Waals surface area contributed by atoms with Gasteiger partial charge in [0.2, 0.25) is 0 Å². The van der Waals surface area contributed by atoms with Gasteiger partial charge in [0.05, 0.1) is 5.56 Å². The van der Waals surface area contributed by atoms with E-state index in [1.54, 1.807) is 0 Å². The van der Waals surface area contributed by atoms with Crippen molar-refractivity contribution in [3.8, 4) is 0 Å². The second-order valence-electron chi connectivity index (χ2n) is 2.70. The van der Waals surface area contributed by atoms with Crippen molar-refractivity contribution in [2.75, 3.05) is 5.73 Å². The molecule has 0 amide bonds. The number of anilines is 1. The molecule has 0 aliphatic carbocycles. The van der Waals surface area contributed by atoms with Crippen LogP contribution in [0.2, 0.25) is 0 Å². The van der Waals surface area contributed by atoms with Crippen LogP contribution in [0.3, 0.4) is 0 Å². The second kappa shape index (κ2) is 3.88. The van der Waals surface area contributed by atoms with E-state index in [4.69, 9.17) is 17.3 Å². The number of aromatic nitrogens is 1. The maximum atomic E-state index is 12.5. The van der Waals surface area contributed by atoms with E-state index in [0.29, 0.717) is 0 Å². The van der Waals surface area contributed by atoms with Crippen LogP contribution in [-0.2, 0) is 0 Å². The molecule has 1 aromatic heterocycles. The SMILES string of the molecule is Cc1cc(N)nc(C(=O)Cl)c1C(F)F. The number of alkyl halides is 2. The zero-order valence-electron chi connectivity index (χ0n) is 7.22. The van der Waals surface area contributed by atoms with Crippen molar-refractivity contribution in [1.82, 2.24) is 4.98 Å². The van der Waals surface area contributed by atoms with Crippen molar-refractivity contribution in [3.05, 3.63) is 22.9 Å². The first-order valence-corrected chi connectivity index (χ1v) is 4.06. The van der Waals surface area contributed by atoms with Gasteiger partial charge in [-0.2, -0.15) is 0 Å². The molecular formula is C8H7ClF2N2O. The summed E-state index contributed by atoms with van der Waals surface area (Å²) in [6, 6.07) is 1.27. The summed E-state index contributed by atoms with van der Waals surface area (Å²) in [4.78, 5) is 14.3. The highest BCUT2D eigenvalue weighted by molar-refractivity contribution is 6.67. The third-order valence-electron chi connectivity index (χ3n) is 1.69. The van der Waals surface area contributed by atoms with Gasteiger partial charge in [0, 0.05) is 0 Å². The molecule has 1 heterocycles. The van der Waals surface area contributed by atoms with E-state index in [1.165, 1.54) is 13.0 Å². The van der Waals surface area contributed by atoms with Gasteiger partial charge < -0.3 is 5.73 Å². The van der Waals surface area contributed by atoms with Crippen LogP contribution in [0.15, 0.2) is 6.07 Å². The predicted molar refractivity (Wildman–Crippen MR) is 48.5 cm³/mol. The highest BCUT2D eigenvalue weighted by Crippen LogP contribution is 2.27. The van der Waals surface area contributed by atoms with Crippen molar-refractivity contribution in [3.63, 3.8) is 0 Å². The van der Waals surface area contributed by atoms with E-state index in [2.05, 4.69) is 4.98 Å². The number of carbonyl (C=O) groups excluding carboxylic acids is 1. The van der Waals surface area contributed by atoms with E-state index in [9.17, 15) is 13.6 Å². The number of nitrogens with zero attached hydrogens (tertiary/aromatic N) is 1. The third-order valence-corrected chi connectivity index (χ3v) is 1.87. The average molecular weight is 221 g/mol. The zero-order chi connectivity index (χ0) is 10.9. The quantitative estimate of drug-likeness (QED) is 0.778. The molecular weight excluding hydrogens is 214 g/mol. The van der Waals surface area contributed by atoms with Crippen LogP contribution in [0, 0.1) is 6.92 Å². The number of pyridine rings is 1. The molecule has 6 heteroatoms. The standard InChI is InChI=1S/C8H7ClF2N2O/c1-3-2-4(12)13-6(7(9)14)5(3)8(10)11/h2,8H,1H3,(H2,12,13). The minimum Gasteiger partial charge on any atom is -0.384 e. The summed E-state index contributed by atoms with van der Waals surface area (Å²) in [7, 11) is 0. The Morgan fingerprint density at radius 2 is 2.21 bits per heavy atom. The summed E-state index contributed by atoms with van der Waals surface area (Å²) in [5.41, 5.74) is 4.57. The molecule has 0 spiro atoms. The van der Waals surface area contributed by atoms with Gasteiger partial charge in [-0.3, -0.25) is 4.79 Å². The Morgan fingerprint density at radius 1 is 1.64 bits per heavy atom. The number of nitrogen functional groups attached to an aromatic ring is 1. The molecule has 3 nitrogen and oxygen atoms in total. The van der Waals surface area contributed by atoms with Crippen molar-refractivity contribution in [2.24, 2.45) is 0 Å². The van der Waals surface area contributed by atoms with Gasteiger partial charge in [0.15, 0.2) is 0 Å². The lowest BCUT2D eigenvalue weighted by atomic mass is 10.1. The minimum atomic E-state index is -2.79. The van der Waals surface area contributed by atoms with Crippen molar-refractivity contribution in [1.29, 1.82) is 0 Å². The number of rotatable bonds is 2. The number of hydrogen-bond acceptors (Lipinski definition) is 3. The maximum absolute atomic E-state index is 12.5. The number of aryl methyl sites for hydroxylation is 1. The highest BCUT2D eigenvalue weighted by atomic mass is 35.5. The van der Waals surface area contributed by atoms with Crippen LogP contribution in [0.1, 0.15) is 28.0 Å². The van der Waals surface area contributed by atoms with Gasteiger partial charge in [0.25, 0.3) is 11.7 Å².